The van der Waals surface area contributed by atoms with Gasteiger partial charge < -0.3 is 11.1 Å². The number of anilines is 1. The lowest BCUT2D eigenvalue weighted by Crippen LogP contribution is -2.21. The number of hydrogen-bond acceptors (Lipinski definition) is 4. The first-order valence-corrected chi connectivity index (χ1v) is 9.30. The summed E-state index contributed by atoms with van der Waals surface area (Å²) in [6, 6.07) is 10.2. The van der Waals surface area contributed by atoms with E-state index >= 15 is 0 Å². The molecule has 0 saturated carbocycles. The molecule has 132 valence electrons. The number of halogens is 1. The van der Waals surface area contributed by atoms with Crippen LogP contribution < -0.4 is 11.1 Å². The minimum atomic E-state index is -3.63. The molecule has 2 rings (SSSR count). The van der Waals surface area contributed by atoms with Crippen molar-refractivity contribution in [3.63, 3.8) is 0 Å². The van der Waals surface area contributed by atoms with Crippen molar-refractivity contribution in [2.45, 2.75) is 24.0 Å². The summed E-state index contributed by atoms with van der Waals surface area (Å²) in [6.07, 6.45) is 0. The molecule has 0 spiro atoms. The molecule has 2 aromatic rings. The highest BCUT2D eigenvalue weighted by molar-refractivity contribution is 7.92. The van der Waals surface area contributed by atoms with Gasteiger partial charge >= 0.3 is 0 Å². The molecule has 25 heavy (non-hydrogen) atoms. The molecule has 0 fully saturated rings. The summed E-state index contributed by atoms with van der Waals surface area (Å²) in [7, 11) is -3.63. The lowest BCUT2D eigenvalue weighted by atomic mass is 10.1. The van der Waals surface area contributed by atoms with Gasteiger partial charge in [0.2, 0.25) is 5.91 Å². The van der Waals surface area contributed by atoms with E-state index in [1.165, 1.54) is 30.3 Å². The number of carbonyl (C=O) groups excluding carboxylic acids is 2. The molecule has 2 amide bonds. The van der Waals surface area contributed by atoms with Crippen molar-refractivity contribution in [3.8, 4) is 0 Å². The zero-order valence-electron chi connectivity index (χ0n) is 13.6. The number of rotatable bonds is 5. The van der Waals surface area contributed by atoms with Gasteiger partial charge in [0.25, 0.3) is 5.91 Å². The van der Waals surface area contributed by atoms with E-state index in [4.69, 9.17) is 17.3 Å². The summed E-state index contributed by atoms with van der Waals surface area (Å²) in [5.74, 6) is -1.35. The lowest BCUT2D eigenvalue weighted by molar-refractivity contribution is 0.0996. The Morgan fingerprint density at radius 3 is 2.32 bits per heavy atom. The Hall–Kier alpha value is -2.38. The number of benzene rings is 2. The summed E-state index contributed by atoms with van der Waals surface area (Å²) >= 11 is 5.87. The molecule has 0 heterocycles. The van der Waals surface area contributed by atoms with Crippen molar-refractivity contribution in [1.29, 1.82) is 0 Å². The molecule has 0 saturated heterocycles. The van der Waals surface area contributed by atoms with Gasteiger partial charge in [-0.1, -0.05) is 23.7 Å². The fourth-order valence-corrected chi connectivity index (χ4v) is 3.60. The van der Waals surface area contributed by atoms with E-state index in [1.54, 1.807) is 26.0 Å². The van der Waals surface area contributed by atoms with Gasteiger partial charge in [-0.3, -0.25) is 9.59 Å². The topological polar surface area (TPSA) is 106 Å². The van der Waals surface area contributed by atoms with Crippen LogP contribution in [0.25, 0.3) is 0 Å². The quantitative estimate of drug-likeness (QED) is 0.831. The smallest absolute Gasteiger partial charge is 0.256 e. The molecule has 0 radical (unpaired) electrons. The predicted molar refractivity (Wildman–Crippen MR) is 96.7 cm³/mol. The number of primary amides is 1. The van der Waals surface area contributed by atoms with Crippen molar-refractivity contribution in [2.75, 3.05) is 5.32 Å². The summed E-state index contributed by atoms with van der Waals surface area (Å²) < 4.78 is 24.9. The van der Waals surface area contributed by atoms with E-state index in [1.807, 2.05) is 0 Å². The van der Waals surface area contributed by atoms with E-state index in [9.17, 15) is 18.0 Å². The van der Waals surface area contributed by atoms with Gasteiger partial charge in [0.1, 0.15) is 0 Å². The van der Waals surface area contributed by atoms with Crippen LogP contribution in [-0.2, 0) is 9.84 Å². The molecule has 0 aliphatic rings. The average Bonchev–Trinajstić information content (AvgIpc) is 2.56. The van der Waals surface area contributed by atoms with Gasteiger partial charge in [-0.25, -0.2) is 8.42 Å². The molecular formula is C17H17ClN2O4S. The summed E-state index contributed by atoms with van der Waals surface area (Å²) in [5, 5.41) is 2.05. The summed E-state index contributed by atoms with van der Waals surface area (Å²) in [4.78, 5) is 23.8. The summed E-state index contributed by atoms with van der Waals surface area (Å²) in [5.41, 5.74) is 5.58. The maximum Gasteiger partial charge on any atom is 0.256 e. The minimum Gasteiger partial charge on any atom is -0.366 e. The third kappa shape index (κ3) is 4.00. The van der Waals surface area contributed by atoms with Crippen molar-refractivity contribution >= 4 is 38.9 Å². The number of nitrogens with two attached hydrogens (primary N) is 1. The average molecular weight is 381 g/mol. The Morgan fingerprint density at radius 2 is 1.72 bits per heavy atom. The molecule has 0 bridgehead atoms. The van der Waals surface area contributed by atoms with Crippen LogP contribution in [0, 0.1) is 0 Å². The fraction of sp³-hybridized carbons (Fsp3) is 0.176. The second-order valence-corrected chi connectivity index (χ2v) is 8.48. The normalized spacial score (nSPS) is 11.4. The van der Waals surface area contributed by atoms with E-state index < -0.39 is 26.9 Å². The van der Waals surface area contributed by atoms with E-state index in [0.29, 0.717) is 0 Å². The highest BCUT2D eigenvalue weighted by atomic mass is 35.5. The molecule has 0 unspecified atom stereocenters. The van der Waals surface area contributed by atoms with E-state index in [0.717, 1.165) is 0 Å². The van der Waals surface area contributed by atoms with Gasteiger partial charge in [-0.2, -0.15) is 0 Å². The van der Waals surface area contributed by atoms with Crippen molar-refractivity contribution < 1.29 is 18.0 Å². The predicted octanol–water partition coefficient (Wildman–Crippen LogP) is 2.87. The molecule has 3 N–H and O–H groups in total. The van der Waals surface area contributed by atoms with Gasteiger partial charge in [0.15, 0.2) is 9.84 Å². The van der Waals surface area contributed by atoms with Crippen molar-refractivity contribution in [2.24, 2.45) is 5.73 Å². The van der Waals surface area contributed by atoms with Gasteiger partial charge in [-0.05, 0) is 44.2 Å². The Labute approximate surface area is 150 Å². The van der Waals surface area contributed by atoms with Crippen LogP contribution in [0.3, 0.4) is 0 Å². The third-order valence-electron chi connectivity index (χ3n) is 3.55. The van der Waals surface area contributed by atoms with E-state index in [2.05, 4.69) is 5.32 Å². The van der Waals surface area contributed by atoms with Crippen LogP contribution in [-0.4, -0.2) is 25.5 Å². The monoisotopic (exact) mass is 380 g/mol. The fourth-order valence-electron chi connectivity index (χ4n) is 2.15. The standard InChI is InChI=1S/C17H17ClN2O4S/c1-10(2)25(23,24)15-6-4-3-5-12(15)17(22)20-11-7-8-14(18)13(9-11)16(19)21/h3-10H,1-2H3,(H2,19,21)(H,20,22). The Kier molecular flexibility index (Phi) is 5.49. The largest absolute Gasteiger partial charge is 0.366 e. The lowest BCUT2D eigenvalue weighted by Gasteiger charge is -2.13. The Bertz CT molecular complexity index is 939. The second kappa shape index (κ2) is 7.25. The SMILES string of the molecule is CC(C)S(=O)(=O)c1ccccc1C(=O)Nc1ccc(Cl)c(C(N)=O)c1. The Morgan fingerprint density at radius 1 is 1.08 bits per heavy atom. The highest BCUT2D eigenvalue weighted by Gasteiger charge is 2.25. The minimum absolute atomic E-state index is 0.0202. The number of carbonyl (C=O) groups is 2. The van der Waals surface area contributed by atoms with Crippen LogP contribution in [0.2, 0.25) is 5.02 Å². The molecule has 2 aromatic carbocycles. The van der Waals surface area contributed by atoms with Crippen molar-refractivity contribution in [1.82, 2.24) is 0 Å². The second-order valence-electron chi connectivity index (χ2n) is 5.60. The van der Waals surface area contributed by atoms with Crippen LogP contribution in [0.5, 0.6) is 0 Å². The first kappa shape index (κ1) is 19.0. The zero-order chi connectivity index (χ0) is 18.8. The van der Waals surface area contributed by atoms with Gasteiger partial charge in [0.05, 0.1) is 26.3 Å². The van der Waals surface area contributed by atoms with Gasteiger partial charge in [0, 0.05) is 5.69 Å². The first-order valence-electron chi connectivity index (χ1n) is 7.38. The Balaban J connectivity index is 2.41. The third-order valence-corrected chi connectivity index (χ3v) is 6.09. The molecular weight excluding hydrogens is 364 g/mol. The van der Waals surface area contributed by atoms with Crippen LogP contribution in [0.1, 0.15) is 34.6 Å². The van der Waals surface area contributed by atoms with Crippen LogP contribution >= 0.6 is 11.6 Å². The van der Waals surface area contributed by atoms with Crippen LogP contribution in [0.15, 0.2) is 47.4 Å². The number of hydrogen-bond donors (Lipinski definition) is 2. The van der Waals surface area contributed by atoms with Gasteiger partial charge in [-0.15, -0.1) is 0 Å². The molecule has 0 aliphatic carbocycles. The molecule has 6 nitrogen and oxygen atoms in total. The number of nitrogens with one attached hydrogen (secondary N) is 1. The molecule has 8 heteroatoms. The zero-order valence-corrected chi connectivity index (χ0v) is 15.2. The summed E-state index contributed by atoms with van der Waals surface area (Å²) in [6.45, 7) is 3.09. The number of sulfone groups is 1. The molecule has 0 aliphatic heterocycles. The number of amides is 2. The van der Waals surface area contributed by atoms with E-state index in [-0.39, 0.29) is 26.7 Å². The highest BCUT2D eigenvalue weighted by Crippen LogP contribution is 2.24. The maximum atomic E-state index is 12.5. The van der Waals surface area contributed by atoms with Crippen molar-refractivity contribution in [3.05, 3.63) is 58.6 Å². The molecule has 0 aromatic heterocycles. The first-order chi connectivity index (χ1) is 11.6. The van der Waals surface area contributed by atoms with Crippen LogP contribution in [0.4, 0.5) is 5.69 Å². The maximum absolute atomic E-state index is 12.5. The molecule has 0 atom stereocenters.